The Morgan fingerprint density at radius 2 is 2.00 bits per heavy atom. The highest BCUT2D eigenvalue weighted by Gasteiger charge is 2.25. The number of carbonyl (C=O) groups is 1. The van der Waals surface area contributed by atoms with Crippen LogP contribution >= 0.6 is 0 Å². The lowest BCUT2D eigenvalue weighted by Crippen LogP contribution is -2.40. The van der Waals surface area contributed by atoms with Crippen LogP contribution in [-0.4, -0.2) is 30.9 Å². The normalized spacial score (nSPS) is 18.2. The van der Waals surface area contributed by atoms with Crippen LogP contribution in [0.25, 0.3) is 0 Å². The van der Waals surface area contributed by atoms with E-state index in [0.717, 1.165) is 25.8 Å². The van der Waals surface area contributed by atoms with Crippen LogP contribution in [-0.2, 0) is 17.6 Å². The van der Waals surface area contributed by atoms with Gasteiger partial charge in [0.2, 0.25) is 5.91 Å². The van der Waals surface area contributed by atoms with Crippen molar-refractivity contribution < 1.29 is 4.79 Å². The molecule has 0 saturated heterocycles. The van der Waals surface area contributed by atoms with Crippen molar-refractivity contribution in [2.75, 3.05) is 20.1 Å². The highest BCUT2D eigenvalue weighted by molar-refractivity contribution is 5.76. The molecular formula is C18H28N2O. The molecule has 21 heavy (non-hydrogen) atoms. The van der Waals surface area contributed by atoms with Crippen molar-refractivity contribution in [2.45, 2.75) is 39.5 Å². The lowest BCUT2D eigenvalue weighted by molar-refractivity contribution is -0.132. The van der Waals surface area contributed by atoms with Crippen molar-refractivity contribution in [3.05, 3.63) is 35.4 Å². The smallest absolute Gasteiger partial charge is 0.222 e. The van der Waals surface area contributed by atoms with Gasteiger partial charge in [-0.1, -0.05) is 38.1 Å². The Morgan fingerprint density at radius 3 is 2.67 bits per heavy atom. The van der Waals surface area contributed by atoms with Crippen molar-refractivity contribution >= 4 is 5.91 Å². The second-order valence-electron chi connectivity index (χ2n) is 7.20. The van der Waals surface area contributed by atoms with Crippen LogP contribution in [0, 0.1) is 11.3 Å². The molecule has 1 amide bonds. The third kappa shape index (κ3) is 4.31. The van der Waals surface area contributed by atoms with Gasteiger partial charge in [0.1, 0.15) is 0 Å². The predicted octanol–water partition coefficient (Wildman–Crippen LogP) is 2.62. The molecule has 1 unspecified atom stereocenters. The molecule has 0 aliphatic heterocycles. The van der Waals surface area contributed by atoms with Crippen LogP contribution in [0.5, 0.6) is 0 Å². The summed E-state index contributed by atoms with van der Waals surface area (Å²) < 4.78 is 0. The van der Waals surface area contributed by atoms with Crippen molar-refractivity contribution in [1.29, 1.82) is 0 Å². The van der Waals surface area contributed by atoms with Crippen LogP contribution in [0.1, 0.15) is 37.8 Å². The van der Waals surface area contributed by atoms with E-state index < -0.39 is 0 Å². The molecule has 1 aromatic rings. The second-order valence-corrected chi connectivity index (χ2v) is 7.20. The molecule has 3 nitrogen and oxygen atoms in total. The monoisotopic (exact) mass is 288 g/mol. The van der Waals surface area contributed by atoms with E-state index in [2.05, 4.69) is 38.1 Å². The molecule has 1 atom stereocenters. The standard InChI is InChI=1S/C18H28N2O/c1-18(2,12-19)13-20(3)17(21)11-14-8-9-15-6-4-5-7-16(15)10-14/h4-7,14H,8-13,19H2,1-3H3. The summed E-state index contributed by atoms with van der Waals surface area (Å²) >= 11 is 0. The van der Waals surface area contributed by atoms with Gasteiger partial charge in [-0.15, -0.1) is 0 Å². The molecule has 0 heterocycles. The van der Waals surface area contributed by atoms with Crippen molar-refractivity contribution in [2.24, 2.45) is 17.1 Å². The fraction of sp³-hybridized carbons (Fsp3) is 0.611. The van der Waals surface area contributed by atoms with Gasteiger partial charge >= 0.3 is 0 Å². The van der Waals surface area contributed by atoms with Crippen LogP contribution < -0.4 is 5.73 Å². The van der Waals surface area contributed by atoms with Crippen molar-refractivity contribution in [3.63, 3.8) is 0 Å². The number of aryl methyl sites for hydroxylation is 1. The first-order valence-electron chi connectivity index (χ1n) is 7.92. The summed E-state index contributed by atoms with van der Waals surface area (Å²) in [6, 6.07) is 8.61. The number of benzene rings is 1. The van der Waals surface area contributed by atoms with Gasteiger partial charge in [0.15, 0.2) is 0 Å². The van der Waals surface area contributed by atoms with Crippen molar-refractivity contribution in [1.82, 2.24) is 4.90 Å². The maximum atomic E-state index is 12.4. The fourth-order valence-electron chi connectivity index (χ4n) is 3.15. The largest absolute Gasteiger partial charge is 0.345 e. The topological polar surface area (TPSA) is 46.3 Å². The first-order valence-corrected chi connectivity index (χ1v) is 7.92. The number of hydrogen-bond acceptors (Lipinski definition) is 2. The van der Waals surface area contributed by atoms with E-state index in [-0.39, 0.29) is 11.3 Å². The molecule has 1 aromatic carbocycles. The first-order chi connectivity index (χ1) is 9.91. The van der Waals surface area contributed by atoms with Gasteiger partial charge in [-0.3, -0.25) is 4.79 Å². The minimum Gasteiger partial charge on any atom is -0.345 e. The molecule has 2 N–H and O–H groups in total. The average molecular weight is 288 g/mol. The Bertz CT molecular complexity index is 496. The minimum atomic E-state index is -0.0103. The molecule has 1 aliphatic rings. The van der Waals surface area contributed by atoms with Crippen LogP contribution in [0.3, 0.4) is 0 Å². The highest BCUT2D eigenvalue weighted by Crippen LogP contribution is 2.28. The summed E-state index contributed by atoms with van der Waals surface area (Å²) in [5.74, 6) is 0.733. The third-order valence-electron chi connectivity index (χ3n) is 4.56. The summed E-state index contributed by atoms with van der Waals surface area (Å²) in [4.78, 5) is 14.3. The summed E-state index contributed by atoms with van der Waals surface area (Å²) in [5.41, 5.74) is 8.62. The SMILES string of the molecule is CN(CC(C)(C)CN)C(=O)CC1CCc2ccccc2C1. The van der Waals surface area contributed by atoms with Gasteiger partial charge in [0, 0.05) is 20.0 Å². The molecular weight excluding hydrogens is 260 g/mol. The molecule has 0 aromatic heterocycles. The fourth-order valence-corrected chi connectivity index (χ4v) is 3.15. The lowest BCUT2D eigenvalue weighted by atomic mass is 9.82. The Balaban J connectivity index is 1.89. The zero-order valence-electron chi connectivity index (χ0n) is 13.6. The Hall–Kier alpha value is -1.35. The molecule has 0 fully saturated rings. The zero-order valence-corrected chi connectivity index (χ0v) is 13.6. The Kier molecular flexibility index (Phi) is 5.04. The van der Waals surface area contributed by atoms with Gasteiger partial charge in [0.25, 0.3) is 0 Å². The molecule has 0 bridgehead atoms. The third-order valence-corrected chi connectivity index (χ3v) is 4.56. The number of hydrogen-bond donors (Lipinski definition) is 1. The molecule has 1 aliphatic carbocycles. The molecule has 116 valence electrons. The van der Waals surface area contributed by atoms with Crippen LogP contribution in [0.15, 0.2) is 24.3 Å². The van der Waals surface area contributed by atoms with E-state index in [1.54, 1.807) is 0 Å². The number of amides is 1. The maximum Gasteiger partial charge on any atom is 0.222 e. The first kappa shape index (κ1) is 16.0. The summed E-state index contributed by atoms with van der Waals surface area (Å²) in [7, 11) is 1.90. The Morgan fingerprint density at radius 1 is 1.33 bits per heavy atom. The number of carbonyl (C=O) groups excluding carboxylic acids is 1. The molecule has 2 rings (SSSR count). The van der Waals surface area contributed by atoms with E-state index in [0.29, 0.717) is 18.9 Å². The van der Waals surface area contributed by atoms with Gasteiger partial charge in [-0.25, -0.2) is 0 Å². The number of nitrogens with two attached hydrogens (primary N) is 1. The molecule has 0 saturated carbocycles. The van der Waals surface area contributed by atoms with E-state index >= 15 is 0 Å². The lowest BCUT2D eigenvalue weighted by Gasteiger charge is -2.31. The molecule has 3 heteroatoms. The highest BCUT2D eigenvalue weighted by atomic mass is 16.2. The number of rotatable bonds is 5. The minimum absolute atomic E-state index is 0.0103. The molecule has 0 spiro atoms. The van der Waals surface area contributed by atoms with Crippen molar-refractivity contribution in [3.8, 4) is 0 Å². The van der Waals surface area contributed by atoms with Crippen LogP contribution in [0.4, 0.5) is 0 Å². The zero-order chi connectivity index (χ0) is 15.5. The van der Waals surface area contributed by atoms with Gasteiger partial charge < -0.3 is 10.6 Å². The number of nitrogens with zero attached hydrogens (tertiary/aromatic N) is 1. The molecule has 0 radical (unpaired) electrons. The van der Waals surface area contributed by atoms with Crippen LogP contribution in [0.2, 0.25) is 0 Å². The number of fused-ring (bicyclic) bond motifs is 1. The second kappa shape index (κ2) is 6.61. The van der Waals surface area contributed by atoms with E-state index in [1.807, 2.05) is 11.9 Å². The van der Waals surface area contributed by atoms with E-state index in [9.17, 15) is 4.79 Å². The average Bonchev–Trinajstić information content (AvgIpc) is 2.46. The van der Waals surface area contributed by atoms with Gasteiger partial charge in [-0.05, 0) is 48.3 Å². The van der Waals surface area contributed by atoms with E-state index in [1.165, 1.54) is 11.1 Å². The predicted molar refractivity (Wildman–Crippen MR) is 87.0 cm³/mol. The quantitative estimate of drug-likeness (QED) is 0.905. The Labute approximate surface area is 128 Å². The maximum absolute atomic E-state index is 12.4. The van der Waals surface area contributed by atoms with Gasteiger partial charge in [-0.2, -0.15) is 0 Å². The van der Waals surface area contributed by atoms with Gasteiger partial charge in [0.05, 0.1) is 0 Å². The summed E-state index contributed by atoms with van der Waals surface area (Å²) in [5, 5.41) is 0. The summed E-state index contributed by atoms with van der Waals surface area (Å²) in [6.07, 6.45) is 3.92. The summed E-state index contributed by atoms with van der Waals surface area (Å²) in [6.45, 7) is 5.54. The van der Waals surface area contributed by atoms with E-state index in [4.69, 9.17) is 5.73 Å².